The van der Waals surface area contributed by atoms with Crippen molar-refractivity contribution >= 4 is 30.8 Å². The monoisotopic (exact) mass is 547 g/mol. The molecular formula is C30H36BN2O7. The SMILES string of the molecule is CCC(=C(c1ccc(OCCNC)cc1)c1ccc(C(C(=O)O)N(C)CC(=O)O)cc1)c1ccccc1.O[B]O. The summed E-state index contributed by atoms with van der Waals surface area (Å²) in [6, 6.07) is 24.5. The highest BCUT2D eigenvalue weighted by Crippen LogP contribution is 2.35. The van der Waals surface area contributed by atoms with E-state index in [2.05, 4.69) is 24.4 Å². The van der Waals surface area contributed by atoms with Crippen molar-refractivity contribution in [1.82, 2.24) is 10.2 Å². The molecule has 0 saturated heterocycles. The Labute approximate surface area is 235 Å². The standard InChI is InChI=1S/C30H34N2O5.BH2O2/c1-4-26(21-8-6-5-7-9-21)28(23-14-16-25(17-15-23)37-19-18-31-2)22-10-12-24(13-11-22)29(30(35)36)32(3)20-27(33)34;2-1-3/h5-17,29,31H,4,18-20H2,1-3H3,(H,33,34)(H,35,36);2-3H. The third-order valence-corrected chi connectivity index (χ3v) is 6.12. The number of carbonyl (C=O) groups is 2. The Morgan fingerprint density at radius 3 is 1.93 bits per heavy atom. The van der Waals surface area contributed by atoms with Crippen LogP contribution in [0.2, 0.25) is 0 Å². The number of nitrogens with one attached hydrogen (secondary N) is 1. The van der Waals surface area contributed by atoms with E-state index in [1.807, 2.05) is 61.6 Å². The molecular weight excluding hydrogens is 511 g/mol. The third kappa shape index (κ3) is 9.35. The highest BCUT2D eigenvalue weighted by Gasteiger charge is 2.26. The first-order valence-electron chi connectivity index (χ1n) is 12.8. The van der Waals surface area contributed by atoms with E-state index in [0.29, 0.717) is 12.2 Å². The summed E-state index contributed by atoms with van der Waals surface area (Å²) in [4.78, 5) is 24.4. The van der Waals surface area contributed by atoms with Crippen LogP contribution >= 0.6 is 0 Å². The lowest BCUT2D eigenvalue weighted by molar-refractivity contribution is -0.145. The normalized spacial score (nSPS) is 12.1. The van der Waals surface area contributed by atoms with Gasteiger partial charge in [0.15, 0.2) is 0 Å². The van der Waals surface area contributed by atoms with Gasteiger partial charge in [0.25, 0.3) is 0 Å². The molecule has 0 aliphatic heterocycles. The molecule has 40 heavy (non-hydrogen) atoms. The van der Waals surface area contributed by atoms with E-state index in [4.69, 9.17) is 19.9 Å². The second kappa shape index (κ2) is 16.9. The fourth-order valence-electron chi connectivity index (χ4n) is 4.39. The summed E-state index contributed by atoms with van der Waals surface area (Å²) in [6.45, 7) is 3.07. The van der Waals surface area contributed by atoms with Crippen LogP contribution in [0.3, 0.4) is 0 Å². The molecule has 0 aliphatic rings. The van der Waals surface area contributed by atoms with Crippen molar-refractivity contribution in [2.24, 2.45) is 0 Å². The topological polar surface area (TPSA) is 140 Å². The lowest BCUT2D eigenvalue weighted by atomic mass is 9.87. The summed E-state index contributed by atoms with van der Waals surface area (Å²) in [5.74, 6) is -1.39. The van der Waals surface area contributed by atoms with E-state index < -0.39 is 18.0 Å². The van der Waals surface area contributed by atoms with Crippen LogP contribution in [0.1, 0.15) is 41.6 Å². The first kappa shape index (κ1) is 32.3. The molecule has 0 saturated carbocycles. The van der Waals surface area contributed by atoms with Crippen LogP contribution in [-0.2, 0) is 9.59 Å². The Kier molecular flexibility index (Phi) is 13.6. The van der Waals surface area contributed by atoms with Gasteiger partial charge in [-0.2, -0.15) is 0 Å². The number of aliphatic carboxylic acids is 2. The second-order valence-corrected chi connectivity index (χ2v) is 8.84. The van der Waals surface area contributed by atoms with Crippen molar-refractivity contribution in [2.45, 2.75) is 19.4 Å². The zero-order chi connectivity index (χ0) is 29.5. The zero-order valence-electron chi connectivity index (χ0n) is 22.9. The molecule has 0 amide bonds. The van der Waals surface area contributed by atoms with Crippen molar-refractivity contribution in [3.63, 3.8) is 0 Å². The predicted octanol–water partition coefficient (Wildman–Crippen LogP) is 3.30. The minimum Gasteiger partial charge on any atom is -0.492 e. The van der Waals surface area contributed by atoms with Gasteiger partial charge in [-0.3, -0.25) is 14.5 Å². The number of carboxylic acid groups (broad SMARTS) is 2. The Bertz CT molecular complexity index is 1230. The minimum absolute atomic E-state index is 0. The molecule has 5 N–H and O–H groups in total. The average molecular weight is 547 g/mol. The van der Waals surface area contributed by atoms with E-state index in [9.17, 15) is 14.7 Å². The van der Waals surface area contributed by atoms with Gasteiger partial charge in [0, 0.05) is 6.54 Å². The van der Waals surface area contributed by atoms with Crippen molar-refractivity contribution in [3.8, 4) is 5.75 Å². The molecule has 3 aromatic rings. The number of benzene rings is 3. The Morgan fingerprint density at radius 1 is 0.900 bits per heavy atom. The van der Waals surface area contributed by atoms with Crippen LogP contribution in [0.25, 0.3) is 11.1 Å². The molecule has 0 heterocycles. The largest absolute Gasteiger partial charge is 0.492 e. The van der Waals surface area contributed by atoms with Gasteiger partial charge in [-0.15, -0.1) is 0 Å². The average Bonchev–Trinajstić information content (AvgIpc) is 2.93. The van der Waals surface area contributed by atoms with Gasteiger partial charge in [-0.25, -0.2) is 0 Å². The molecule has 0 fully saturated rings. The van der Waals surface area contributed by atoms with Crippen LogP contribution in [0.15, 0.2) is 78.9 Å². The Balaban J connectivity index is 0.00000178. The molecule has 9 nitrogen and oxygen atoms in total. The predicted molar refractivity (Wildman–Crippen MR) is 156 cm³/mol. The number of rotatable bonds is 13. The first-order valence-corrected chi connectivity index (χ1v) is 12.8. The van der Waals surface area contributed by atoms with Gasteiger partial charge in [0.05, 0.1) is 6.54 Å². The maximum Gasteiger partial charge on any atom is 0.482 e. The number of carboxylic acids is 2. The lowest BCUT2D eigenvalue weighted by Crippen LogP contribution is -2.34. The fourth-order valence-corrected chi connectivity index (χ4v) is 4.39. The minimum atomic E-state index is -1.10. The summed E-state index contributed by atoms with van der Waals surface area (Å²) in [7, 11) is 3.38. The summed E-state index contributed by atoms with van der Waals surface area (Å²) in [5, 5.41) is 36.0. The van der Waals surface area contributed by atoms with Gasteiger partial charge in [-0.1, -0.05) is 73.7 Å². The molecule has 3 aromatic carbocycles. The van der Waals surface area contributed by atoms with E-state index in [0.717, 1.165) is 46.6 Å². The zero-order valence-corrected chi connectivity index (χ0v) is 22.9. The number of allylic oxidation sites excluding steroid dienone is 1. The number of likely N-dealkylation sites (N-methyl/N-ethyl adjacent to an activating group) is 2. The quantitative estimate of drug-likeness (QED) is 0.124. The van der Waals surface area contributed by atoms with Gasteiger partial charge in [-0.05, 0) is 66.0 Å². The summed E-state index contributed by atoms with van der Waals surface area (Å²) < 4.78 is 5.79. The number of ether oxygens (including phenoxy) is 1. The molecule has 3 rings (SSSR count). The molecule has 0 aliphatic carbocycles. The van der Waals surface area contributed by atoms with Crippen LogP contribution in [0.4, 0.5) is 0 Å². The van der Waals surface area contributed by atoms with E-state index in [-0.39, 0.29) is 14.2 Å². The first-order chi connectivity index (χ1) is 19.3. The summed E-state index contributed by atoms with van der Waals surface area (Å²) >= 11 is 0. The number of nitrogens with zero attached hydrogens (tertiary/aromatic N) is 1. The van der Waals surface area contributed by atoms with E-state index >= 15 is 0 Å². The Morgan fingerprint density at radius 2 is 1.45 bits per heavy atom. The highest BCUT2D eigenvalue weighted by atomic mass is 16.5. The maximum atomic E-state index is 12.0. The van der Waals surface area contributed by atoms with E-state index in [1.54, 1.807) is 12.1 Å². The van der Waals surface area contributed by atoms with Crippen molar-refractivity contribution in [1.29, 1.82) is 0 Å². The summed E-state index contributed by atoms with van der Waals surface area (Å²) in [5.41, 5.74) is 5.81. The maximum absolute atomic E-state index is 12.0. The summed E-state index contributed by atoms with van der Waals surface area (Å²) in [6.07, 6.45) is 0.792. The lowest BCUT2D eigenvalue weighted by Gasteiger charge is -2.24. The second-order valence-electron chi connectivity index (χ2n) is 8.84. The number of hydrogen-bond donors (Lipinski definition) is 5. The smallest absolute Gasteiger partial charge is 0.482 e. The molecule has 0 spiro atoms. The van der Waals surface area contributed by atoms with Crippen LogP contribution in [-0.4, -0.2) is 78.6 Å². The van der Waals surface area contributed by atoms with Crippen LogP contribution in [0.5, 0.6) is 5.75 Å². The van der Waals surface area contributed by atoms with Crippen molar-refractivity contribution < 1.29 is 34.6 Å². The van der Waals surface area contributed by atoms with Crippen LogP contribution in [0, 0.1) is 0 Å². The molecule has 1 radical (unpaired) electrons. The number of hydrogen-bond acceptors (Lipinski definition) is 7. The molecule has 0 bridgehead atoms. The van der Waals surface area contributed by atoms with E-state index in [1.165, 1.54) is 11.9 Å². The molecule has 0 aromatic heterocycles. The molecule has 211 valence electrons. The molecule has 10 heteroatoms. The Hall–Kier alpha value is -3.96. The van der Waals surface area contributed by atoms with Gasteiger partial charge in [0.1, 0.15) is 18.4 Å². The van der Waals surface area contributed by atoms with Crippen LogP contribution < -0.4 is 10.1 Å². The van der Waals surface area contributed by atoms with Gasteiger partial charge in [0.2, 0.25) is 0 Å². The van der Waals surface area contributed by atoms with Gasteiger partial charge >= 0.3 is 19.6 Å². The van der Waals surface area contributed by atoms with Gasteiger partial charge < -0.3 is 30.3 Å². The van der Waals surface area contributed by atoms with Crippen molar-refractivity contribution in [3.05, 3.63) is 101 Å². The third-order valence-electron chi connectivity index (χ3n) is 6.12. The fraction of sp³-hybridized carbons (Fsp3) is 0.267. The van der Waals surface area contributed by atoms with Crippen molar-refractivity contribution in [2.75, 3.05) is 33.8 Å². The molecule has 1 unspecified atom stereocenters. The highest BCUT2D eigenvalue weighted by molar-refractivity contribution is 6.13. The molecule has 1 atom stereocenters.